The Balaban J connectivity index is 3.19. The molecule has 0 bridgehead atoms. The summed E-state index contributed by atoms with van der Waals surface area (Å²) >= 11 is 0. The van der Waals surface area contributed by atoms with Crippen molar-refractivity contribution >= 4 is 11.9 Å². The molecule has 0 aromatic carbocycles. The molecule has 0 saturated carbocycles. The average Bonchev–Trinajstić information content (AvgIpc) is 1.98. The summed E-state index contributed by atoms with van der Waals surface area (Å²) in [6.07, 6.45) is 0. The molecule has 0 atom stereocenters. The molecule has 0 radical (unpaired) electrons. The number of hydrogen-bond acceptors (Lipinski definition) is 5. The lowest BCUT2D eigenvalue weighted by molar-refractivity contribution is -0.146. The number of rotatable bonds is 6. The maximum Gasteiger partial charge on any atom is 0.322 e. The highest BCUT2D eigenvalue weighted by Crippen LogP contribution is 1.75. The first kappa shape index (κ1) is 10.9. The Morgan fingerprint density at radius 2 is 2.17 bits per heavy atom. The maximum absolute atomic E-state index is 10.6. The molecule has 12 heavy (non-hydrogen) atoms. The molecule has 0 aromatic heterocycles. The second-order valence-electron chi connectivity index (χ2n) is 1.88. The van der Waals surface area contributed by atoms with Crippen LogP contribution in [0.1, 0.15) is 6.92 Å². The molecule has 0 aliphatic heterocycles. The zero-order valence-electron chi connectivity index (χ0n) is 6.83. The second kappa shape index (κ2) is 6.56. The van der Waals surface area contributed by atoms with Gasteiger partial charge in [0.05, 0.1) is 6.61 Å². The molecule has 0 rings (SSSR count). The van der Waals surface area contributed by atoms with Gasteiger partial charge in [-0.3, -0.25) is 14.4 Å². The quantitative estimate of drug-likeness (QED) is 0.294. The minimum atomic E-state index is -0.605. The van der Waals surface area contributed by atoms with Crippen molar-refractivity contribution in [3.8, 4) is 0 Å². The Bertz CT molecular complexity index is 160. The summed E-state index contributed by atoms with van der Waals surface area (Å²) in [5, 5.41) is 0. The molecular formula is C6H12N2O4. The molecular weight excluding hydrogens is 164 g/mol. The molecule has 6 heteroatoms. The van der Waals surface area contributed by atoms with Crippen LogP contribution in [0.5, 0.6) is 0 Å². The molecule has 0 aromatic rings. The third-order valence-electron chi connectivity index (χ3n) is 0.838. The predicted molar refractivity (Wildman–Crippen MR) is 39.8 cm³/mol. The van der Waals surface area contributed by atoms with Crippen LogP contribution >= 0.6 is 0 Å². The van der Waals surface area contributed by atoms with Crippen molar-refractivity contribution in [1.29, 1.82) is 0 Å². The second-order valence-corrected chi connectivity index (χ2v) is 1.88. The Morgan fingerprint density at radius 3 is 2.67 bits per heavy atom. The molecule has 3 N–H and O–H groups in total. The molecule has 0 heterocycles. The van der Waals surface area contributed by atoms with Crippen molar-refractivity contribution in [3.63, 3.8) is 0 Å². The molecule has 0 aliphatic rings. The lowest BCUT2D eigenvalue weighted by atomic mass is 10.7. The highest BCUT2D eigenvalue weighted by atomic mass is 16.6. The largest absolute Gasteiger partial charge is 0.465 e. The molecule has 0 spiro atoms. The molecule has 0 saturated heterocycles. The summed E-state index contributed by atoms with van der Waals surface area (Å²) in [5.41, 5.74) is 6.97. The summed E-state index contributed by atoms with van der Waals surface area (Å²) in [7, 11) is 0. The van der Waals surface area contributed by atoms with E-state index in [0.29, 0.717) is 6.61 Å². The summed E-state index contributed by atoms with van der Waals surface area (Å²) < 4.78 is 4.55. The smallest absolute Gasteiger partial charge is 0.322 e. The van der Waals surface area contributed by atoms with E-state index < -0.39 is 11.9 Å². The first-order valence-corrected chi connectivity index (χ1v) is 3.45. The number of hydroxylamine groups is 1. The van der Waals surface area contributed by atoms with Gasteiger partial charge in [-0.25, -0.2) is 0 Å². The van der Waals surface area contributed by atoms with Crippen molar-refractivity contribution in [2.24, 2.45) is 5.73 Å². The first-order chi connectivity index (χ1) is 5.66. The van der Waals surface area contributed by atoms with Crippen molar-refractivity contribution < 1.29 is 19.2 Å². The van der Waals surface area contributed by atoms with Gasteiger partial charge in [0.15, 0.2) is 0 Å². The van der Waals surface area contributed by atoms with Crippen molar-refractivity contribution in [1.82, 2.24) is 5.48 Å². The van der Waals surface area contributed by atoms with Crippen molar-refractivity contribution in [3.05, 3.63) is 0 Å². The van der Waals surface area contributed by atoms with Crippen LogP contribution < -0.4 is 11.2 Å². The molecule has 6 nitrogen and oxygen atoms in total. The molecule has 0 unspecified atom stereocenters. The van der Waals surface area contributed by atoms with Crippen molar-refractivity contribution in [2.75, 3.05) is 19.8 Å². The van der Waals surface area contributed by atoms with Gasteiger partial charge in [0, 0.05) is 0 Å². The normalized spacial score (nSPS) is 9.42. The van der Waals surface area contributed by atoms with Crippen molar-refractivity contribution in [2.45, 2.75) is 6.92 Å². The number of carbonyl (C=O) groups excluding carboxylic acids is 2. The van der Waals surface area contributed by atoms with E-state index in [9.17, 15) is 9.59 Å². The Morgan fingerprint density at radius 1 is 1.50 bits per heavy atom. The zero-order valence-corrected chi connectivity index (χ0v) is 6.83. The van der Waals surface area contributed by atoms with Gasteiger partial charge in [-0.15, -0.1) is 0 Å². The lowest BCUT2D eigenvalue weighted by Crippen LogP contribution is -2.29. The third kappa shape index (κ3) is 6.97. The standard InChI is InChI=1S/C6H12N2O4/c1-2-11-6(10)3-8-12-4-5(7)9/h8H,2-4H2,1H3,(H2,7,9). The topological polar surface area (TPSA) is 90.7 Å². The number of primary amides is 1. The van der Waals surface area contributed by atoms with Crippen LogP contribution in [0.4, 0.5) is 0 Å². The van der Waals surface area contributed by atoms with Gasteiger partial charge in [0.2, 0.25) is 5.91 Å². The van der Waals surface area contributed by atoms with Crippen LogP contribution in [-0.2, 0) is 19.2 Å². The molecule has 0 fully saturated rings. The van der Waals surface area contributed by atoms with Gasteiger partial charge in [-0.2, -0.15) is 5.48 Å². The molecule has 1 amide bonds. The summed E-state index contributed by atoms with van der Waals surface area (Å²) in [6.45, 7) is 1.65. The third-order valence-corrected chi connectivity index (χ3v) is 0.838. The lowest BCUT2D eigenvalue weighted by Gasteiger charge is -2.02. The van der Waals surface area contributed by atoms with E-state index in [1.165, 1.54) is 0 Å². The fourth-order valence-electron chi connectivity index (χ4n) is 0.444. The van der Waals surface area contributed by atoms with Gasteiger partial charge in [-0.1, -0.05) is 0 Å². The zero-order chi connectivity index (χ0) is 9.40. The Hall–Kier alpha value is -1.14. The van der Waals surface area contributed by atoms with Crippen LogP contribution in [0.15, 0.2) is 0 Å². The first-order valence-electron chi connectivity index (χ1n) is 3.45. The van der Waals surface area contributed by atoms with E-state index in [-0.39, 0.29) is 13.2 Å². The predicted octanol–water partition coefficient (Wildman–Crippen LogP) is -1.44. The average molecular weight is 176 g/mol. The fraction of sp³-hybridized carbons (Fsp3) is 0.667. The number of amides is 1. The summed E-state index contributed by atoms with van der Waals surface area (Å²) in [4.78, 5) is 25.2. The number of esters is 1. The number of ether oxygens (including phenoxy) is 1. The number of carbonyl (C=O) groups is 2. The highest BCUT2D eigenvalue weighted by Gasteiger charge is 2.00. The minimum Gasteiger partial charge on any atom is -0.465 e. The maximum atomic E-state index is 10.6. The highest BCUT2D eigenvalue weighted by molar-refractivity contribution is 5.75. The molecule has 0 aliphatic carbocycles. The van der Waals surface area contributed by atoms with Crippen LogP contribution in [0.3, 0.4) is 0 Å². The Labute approximate surface area is 70.0 Å². The summed E-state index contributed by atoms with van der Waals surface area (Å²) in [6, 6.07) is 0. The van der Waals surface area contributed by atoms with Gasteiger partial charge in [0.1, 0.15) is 13.2 Å². The van der Waals surface area contributed by atoms with E-state index in [2.05, 4.69) is 15.1 Å². The van der Waals surface area contributed by atoms with Gasteiger partial charge < -0.3 is 10.5 Å². The van der Waals surface area contributed by atoms with E-state index in [0.717, 1.165) is 0 Å². The van der Waals surface area contributed by atoms with Gasteiger partial charge >= 0.3 is 5.97 Å². The SMILES string of the molecule is CCOC(=O)CNOCC(N)=O. The fourth-order valence-corrected chi connectivity index (χ4v) is 0.444. The number of hydrogen-bond donors (Lipinski definition) is 2. The minimum absolute atomic E-state index is 0.0961. The van der Waals surface area contributed by atoms with Crippen LogP contribution in [0.25, 0.3) is 0 Å². The Kier molecular flexibility index (Phi) is 5.94. The van der Waals surface area contributed by atoms with E-state index in [1.54, 1.807) is 6.92 Å². The van der Waals surface area contributed by atoms with Crippen LogP contribution in [0, 0.1) is 0 Å². The number of nitrogens with two attached hydrogens (primary N) is 1. The van der Waals surface area contributed by atoms with E-state index in [1.807, 2.05) is 0 Å². The van der Waals surface area contributed by atoms with E-state index >= 15 is 0 Å². The molecule has 70 valence electrons. The number of nitrogens with one attached hydrogen (secondary N) is 1. The van der Waals surface area contributed by atoms with Crippen LogP contribution in [0.2, 0.25) is 0 Å². The van der Waals surface area contributed by atoms with E-state index in [4.69, 9.17) is 5.73 Å². The van der Waals surface area contributed by atoms with Crippen LogP contribution in [-0.4, -0.2) is 31.6 Å². The van der Waals surface area contributed by atoms with Gasteiger partial charge in [-0.05, 0) is 6.92 Å². The summed E-state index contributed by atoms with van der Waals surface area (Å²) in [5.74, 6) is -1.05. The van der Waals surface area contributed by atoms with Gasteiger partial charge in [0.25, 0.3) is 0 Å². The monoisotopic (exact) mass is 176 g/mol.